The molecule has 19 heavy (non-hydrogen) atoms. The summed E-state index contributed by atoms with van der Waals surface area (Å²) < 4.78 is 0. The lowest BCUT2D eigenvalue weighted by atomic mass is 10.1. The number of hydrogen-bond acceptors (Lipinski definition) is 3. The van der Waals surface area contributed by atoms with Crippen LogP contribution in [0.15, 0.2) is 29.2 Å². The number of fused-ring (bicyclic) bond motifs is 1. The Labute approximate surface area is 121 Å². The zero-order chi connectivity index (χ0) is 13.1. The molecule has 0 radical (unpaired) electrons. The van der Waals surface area contributed by atoms with E-state index in [1.807, 2.05) is 0 Å². The topological polar surface area (TPSA) is 15.3 Å². The Kier molecular flexibility index (Phi) is 4.46. The fraction of sp³-hybridized carbons (Fsp3) is 0.625. The fourth-order valence-corrected chi connectivity index (χ4v) is 4.66. The smallest absolute Gasteiger partial charge is 0.0263 e. The SMILES string of the molecule is CN(CC1Cc2ccccc2S1)C1CCCNCC1. The van der Waals surface area contributed by atoms with Gasteiger partial charge in [0.25, 0.3) is 0 Å². The zero-order valence-corrected chi connectivity index (χ0v) is 12.6. The predicted octanol–water partition coefficient (Wildman–Crippen LogP) is 2.78. The summed E-state index contributed by atoms with van der Waals surface area (Å²) in [6.45, 7) is 3.62. The first-order valence-corrected chi connectivity index (χ1v) is 8.36. The highest BCUT2D eigenvalue weighted by Crippen LogP contribution is 2.37. The van der Waals surface area contributed by atoms with Gasteiger partial charge in [-0.15, -0.1) is 11.8 Å². The van der Waals surface area contributed by atoms with Crippen molar-refractivity contribution in [2.75, 3.05) is 26.7 Å². The van der Waals surface area contributed by atoms with Crippen molar-refractivity contribution in [1.82, 2.24) is 10.2 Å². The lowest BCUT2D eigenvalue weighted by Gasteiger charge is -2.28. The molecular formula is C16H24N2S. The lowest BCUT2D eigenvalue weighted by Crippen LogP contribution is -2.37. The Balaban J connectivity index is 1.55. The van der Waals surface area contributed by atoms with Gasteiger partial charge in [-0.2, -0.15) is 0 Å². The summed E-state index contributed by atoms with van der Waals surface area (Å²) in [4.78, 5) is 4.11. The number of benzene rings is 1. The first kappa shape index (κ1) is 13.5. The highest BCUT2D eigenvalue weighted by Gasteiger charge is 2.25. The first-order chi connectivity index (χ1) is 9.33. The number of nitrogens with one attached hydrogen (secondary N) is 1. The molecule has 0 saturated carbocycles. The van der Waals surface area contributed by atoms with E-state index in [2.05, 4.69) is 53.3 Å². The quantitative estimate of drug-likeness (QED) is 0.914. The number of rotatable bonds is 3. The minimum absolute atomic E-state index is 0.749. The Morgan fingerprint density at radius 2 is 2.16 bits per heavy atom. The second-order valence-corrected chi connectivity index (χ2v) is 7.17. The Hall–Kier alpha value is -0.510. The van der Waals surface area contributed by atoms with Crippen molar-refractivity contribution in [2.24, 2.45) is 0 Å². The molecule has 1 aromatic rings. The number of nitrogens with zero attached hydrogens (tertiary/aromatic N) is 1. The molecule has 0 bridgehead atoms. The molecule has 2 aliphatic rings. The van der Waals surface area contributed by atoms with Crippen LogP contribution in [0.25, 0.3) is 0 Å². The van der Waals surface area contributed by atoms with Crippen molar-refractivity contribution in [3.8, 4) is 0 Å². The Morgan fingerprint density at radius 3 is 3.05 bits per heavy atom. The van der Waals surface area contributed by atoms with Crippen LogP contribution in [0.1, 0.15) is 24.8 Å². The third kappa shape index (κ3) is 3.33. The maximum Gasteiger partial charge on any atom is 0.0263 e. The van der Waals surface area contributed by atoms with Gasteiger partial charge in [-0.05, 0) is 57.5 Å². The molecule has 3 heteroatoms. The monoisotopic (exact) mass is 276 g/mol. The summed E-state index contributed by atoms with van der Waals surface area (Å²) in [5, 5.41) is 4.26. The zero-order valence-electron chi connectivity index (χ0n) is 11.8. The van der Waals surface area contributed by atoms with Gasteiger partial charge in [0.2, 0.25) is 0 Å². The minimum Gasteiger partial charge on any atom is -0.317 e. The van der Waals surface area contributed by atoms with Crippen LogP contribution in [0.3, 0.4) is 0 Å². The average Bonchev–Trinajstić information content (AvgIpc) is 2.63. The van der Waals surface area contributed by atoms with Gasteiger partial charge in [0.1, 0.15) is 0 Å². The van der Waals surface area contributed by atoms with Crippen LogP contribution >= 0.6 is 11.8 Å². The average molecular weight is 276 g/mol. The standard InChI is InChI=1S/C16H24N2S/c1-18(14-6-4-9-17-10-8-14)12-15-11-13-5-2-3-7-16(13)19-15/h2-3,5,7,14-15,17H,4,6,8-12H2,1H3. The summed E-state index contributed by atoms with van der Waals surface area (Å²) >= 11 is 2.08. The molecule has 1 aromatic carbocycles. The molecule has 2 aliphatic heterocycles. The third-order valence-corrected chi connectivity index (χ3v) is 5.68. The second-order valence-electron chi connectivity index (χ2n) is 5.83. The highest BCUT2D eigenvalue weighted by atomic mass is 32.2. The Morgan fingerprint density at radius 1 is 1.26 bits per heavy atom. The van der Waals surface area contributed by atoms with Crippen molar-refractivity contribution >= 4 is 11.8 Å². The van der Waals surface area contributed by atoms with Gasteiger partial charge < -0.3 is 10.2 Å². The van der Waals surface area contributed by atoms with Gasteiger partial charge in [0, 0.05) is 22.7 Å². The van der Waals surface area contributed by atoms with E-state index < -0.39 is 0 Å². The van der Waals surface area contributed by atoms with Crippen LogP contribution in [0.5, 0.6) is 0 Å². The number of hydrogen-bond donors (Lipinski definition) is 1. The van der Waals surface area contributed by atoms with Gasteiger partial charge in [-0.3, -0.25) is 0 Å². The summed E-state index contributed by atoms with van der Waals surface area (Å²) in [7, 11) is 2.32. The van der Waals surface area contributed by atoms with Gasteiger partial charge >= 0.3 is 0 Å². The largest absolute Gasteiger partial charge is 0.317 e. The third-order valence-electron chi connectivity index (χ3n) is 4.37. The van der Waals surface area contributed by atoms with Crippen LogP contribution < -0.4 is 5.32 Å². The number of thioether (sulfide) groups is 1. The molecule has 3 rings (SSSR count). The van der Waals surface area contributed by atoms with Crippen molar-refractivity contribution < 1.29 is 0 Å². The molecule has 2 atom stereocenters. The van der Waals surface area contributed by atoms with E-state index in [0.29, 0.717) is 0 Å². The Bertz CT molecular complexity index is 388. The van der Waals surface area contributed by atoms with Gasteiger partial charge in [-0.25, -0.2) is 0 Å². The van der Waals surface area contributed by atoms with Crippen LogP contribution in [0.2, 0.25) is 0 Å². The van der Waals surface area contributed by atoms with Gasteiger partial charge in [0.05, 0.1) is 0 Å². The van der Waals surface area contributed by atoms with Crippen LogP contribution in [-0.2, 0) is 6.42 Å². The molecule has 2 unspecified atom stereocenters. The molecule has 104 valence electrons. The fourth-order valence-electron chi connectivity index (χ4n) is 3.27. The molecule has 0 spiro atoms. The molecular weight excluding hydrogens is 252 g/mol. The molecule has 1 fully saturated rings. The van der Waals surface area contributed by atoms with E-state index in [4.69, 9.17) is 0 Å². The van der Waals surface area contributed by atoms with Gasteiger partial charge in [-0.1, -0.05) is 18.2 Å². The molecule has 1 saturated heterocycles. The van der Waals surface area contributed by atoms with E-state index in [-0.39, 0.29) is 0 Å². The summed E-state index contributed by atoms with van der Waals surface area (Å²) in [5.41, 5.74) is 1.55. The van der Waals surface area contributed by atoms with E-state index in [0.717, 1.165) is 11.3 Å². The maximum absolute atomic E-state index is 3.51. The molecule has 0 amide bonds. The minimum atomic E-state index is 0.749. The van der Waals surface area contributed by atoms with Crippen LogP contribution in [0.4, 0.5) is 0 Å². The van der Waals surface area contributed by atoms with E-state index in [1.54, 1.807) is 5.56 Å². The van der Waals surface area contributed by atoms with E-state index in [9.17, 15) is 0 Å². The normalized spacial score (nSPS) is 27.3. The first-order valence-electron chi connectivity index (χ1n) is 7.48. The molecule has 0 aliphatic carbocycles. The van der Waals surface area contributed by atoms with Crippen molar-refractivity contribution in [2.45, 2.75) is 41.9 Å². The highest BCUT2D eigenvalue weighted by molar-refractivity contribution is 8.00. The molecule has 0 aromatic heterocycles. The van der Waals surface area contributed by atoms with Crippen LogP contribution in [0, 0.1) is 0 Å². The predicted molar refractivity (Wildman–Crippen MR) is 82.9 cm³/mol. The maximum atomic E-state index is 3.51. The van der Waals surface area contributed by atoms with Crippen molar-refractivity contribution in [3.63, 3.8) is 0 Å². The van der Waals surface area contributed by atoms with E-state index >= 15 is 0 Å². The molecule has 1 N–H and O–H groups in total. The van der Waals surface area contributed by atoms with Crippen molar-refractivity contribution in [3.05, 3.63) is 29.8 Å². The molecule has 2 nitrogen and oxygen atoms in total. The summed E-state index contributed by atoms with van der Waals surface area (Å²) in [5.74, 6) is 0. The second kappa shape index (κ2) is 6.29. The lowest BCUT2D eigenvalue weighted by molar-refractivity contribution is 0.225. The molecule has 2 heterocycles. The van der Waals surface area contributed by atoms with Gasteiger partial charge in [0.15, 0.2) is 0 Å². The van der Waals surface area contributed by atoms with Crippen LogP contribution in [-0.4, -0.2) is 42.9 Å². The van der Waals surface area contributed by atoms with Crippen molar-refractivity contribution in [1.29, 1.82) is 0 Å². The summed E-state index contributed by atoms with van der Waals surface area (Å²) in [6, 6.07) is 9.67. The van der Waals surface area contributed by atoms with E-state index in [1.165, 1.54) is 50.2 Å². The summed E-state index contributed by atoms with van der Waals surface area (Å²) in [6.07, 6.45) is 5.23.